The van der Waals surface area contributed by atoms with Crippen LogP contribution >= 0.6 is 23.1 Å². The molecule has 3 aromatic rings. The van der Waals surface area contributed by atoms with Crippen LogP contribution in [-0.2, 0) is 19.4 Å². The molecule has 1 aliphatic carbocycles. The van der Waals surface area contributed by atoms with E-state index >= 15 is 0 Å². The minimum atomic E-state index is -0.496. The van der Waals surface area contributed by atoms with Gasteiger partial charge in [0.05, 0.1) is 17.2 Å². The van der Waals surface area contributed by atoms with Gasteiger partial charge in [0, 0.05) is 33.8 Å². The van der Waals surface area contributed by atoms with Gasteiger partial charge in [0.25, 0.3) is 5.69 Å². The van der Waals surface area contributed by atoms with Crippen molar-refractivity contribution in [3.63, 3.8) is 0 Å². The first-order valence-electron chi connectivity index (χ1n) is 9.58. The number of carbonyl (C=O) groups excluding carboxylic acids is 1. The van der Waals surface area contributed by atoms with Gasteiger partial charge in [-0.15, -0.1) is 11.3 Å². The van der Waals surface area contributed by atoms with Gasteiger partial charge in [-0.1, -0.05) is 17.8 Å². The number of nitrogens with zero attached hydrogens (tertiary/aromatic N) is 3. The summed E-state index contributed by atoms with van der Waals surface area (Å²) >= 11 is 2.89. The third kappa shape index (κ3) is 4.36. The van der Waals surface area contributed by atoms with Gasteiger partial charge in [0.15, 0.2) is 5.78 Å². The number of hydrogen-bond donors (Lipinski definition) is 0. The fraction of sp³-hybridized carbons (Fsp3) is 0.286. The Bertz CT molecular complexity index is 1140. The fourth-order valence-electron chi connectivity index (χ4n) is 3.57. The molecule has 0 radical (unpaired) electrons. The maximum absolute atomic E-state index is 12.7. The molecule has 7 nitrogen and oxygen atoms in total. The van der Waals surface area contributed by atoms with Crippen LogP contribution in [0.4, 0.5) is 5.69 Å². The van der Waals surface area contributed by atoms with Crippen LogP contribution in [0, 0.1) is 10.1 Å². The van der Waals surface area contributed by atoms with Crippen LogP contribution in [0.15, 0.2) is 51.6 Å². The number of hydrogen-bond acceptors (Lipinski definition) is 7. The molecule has 0 bridgehead atoms. The molecule has 0 N–H and O–H groups in total. The van der Waals surface area contributed by atoms with E-state index in [0.29, 0.717) is 17.1 Å². The Labute approximate surface area is 180 Å². The predicted molar refractivity (Wildman–Crippen MR) is 117 cm³/mol. The predicted octanol–water partition coefficient (Wildman–Crippen LogP) is 4.12. The SMILES string of the molecule is O=C(CSc1nc(=O)n(Cc2cccs2)c2c1CCCC2)c1ccc([N+](=O)[O-])cc1. The number of benzene rings is 1. The highest BCUT2D eigenvalue weighted by Crippen LogP contribution is 2.29. The molecule has 0 fully saturated rings. The number of ketones is 1. The first-order chi connectivity index (χ1) is 14.5. The summed E-state index contributed by atoms with van der Waals surface area (Å²) in [5, 5.41) is 13.4. The van der Waals surface area contributed by atoms with Gasteiger partial charge in [-0.3, -0.25) is 19.5 Å². The lowest BCUT2D eigenvalue weighted by atomic mass is 9.97. The molecule has 2 aromatic heterocycles. The Morgan fingerprint density at radius 2 is 1.97 bits per heavy atom. The number of thiophene rings is 1. The van der Waals surface area contributed by atoms with Crippen LogP contribution in [0.2, 0.25) is 0 Å². The van der Waals surface area contributed by atoms with E-state index in [0.717, 1.165) is 41.8 Å². The zero-order chi connectivity index (χ0) is 21.1. The topological polar surface area (TPSA) is 95.1 Å². The summed E-state index contributed by atoms with van der Waals surface area (Å²) in [6, 6.07) is 9.55. The average Bonchev–Trinajstić information content (AvgIpc) is 3.27. The monoisotopic (exact) mass is 441 g/mol. The number of thioether (sulfide) groups is 1. The van der Waals surface area contributed by atoms with Crippen molar-refractivity contribution in [2.24, 2.45) is 0 Å². The van der Waals surface area contributed by atoms with Crippen LogP contribution in [-0.4, -0.2) is 26.0 Å². The number of nitro benzene ring substituents is 1. The number of aromatic nitrogens is 2. The maximum atomic E-state index is 12.7. The molecule has 4 rings (SSSR count). The van der Waals surface area contributed by atoms with Crippen LogP contribution in [0.1, 0.15) is 39.3 Å². The lowest BCUT2D eigenvalue weighted by Gasteiger charge is -2.22. The molecule has 0 aliphatic heterocycles. The number of rotatable bonds is 7. The van der Waals surface area contributed by atoms with Gasteiger partial charge in [-0.2, -0.15) is 4.98 Å². The highest BCUT2D eigenvalue weighted by atomic mass is 32.2. The molecular weight excluding hydrogens is 422 g/mol. The highest BCUT2D eigenvalue weighted by molar-refractivity contribution is 8.00. The van der Waals surface area contributed by atoms with Crippen molar-refractivity contribution < 1.29 is 9.72 Å². The quantitative estimate of drug-likeness (QED) is 0.180. The Morgan fingerprint density at radius 3 is 2.67 bits per heavy atom. The average molecular weight is 442 g/mol. The Balaban J connectivity index is 1.55. The van der Waals surface area contributed by atoms with Gasteiger partial charge >= 0.3 is 5.69 Å². The molecule has 30 heavy (non-hydrogen) atoms. The number of fused-ring (bicyclic) bond motifs is 1. The van der Waals surface area contributed by atoms with Crippen molar-refractivity contribution >= 4 is 34.6 Å². The highest BCUT2D eigenvalue weighted by Gasteiger charge is 2.21. The van der Waals surface area contributed by atoms with E-state index in [-0.39, 0.29) is 22.9 Å². The van der Waals surface area contributed by atoms with Crippen molar-refractivity contribution in [1.29, 1.82) is 0 Å². The summed E-state index contributed by atoms with van der Waals surface area (Å²) < 4.78 is 1.77. The van der Waals surface area contributed by atoms with E-state index in [4.69, 9.17) is 0 Å². The van der Waals surface area contributed by atoms with E-state index in [1.54, 1.807) is 15.9 Å². The molecule has 0 saturated carbocycles. The largest absolute Gasteiger partial charge is 0.349 e. The second kappa shape index (κ2) is 8.93. The normalized spacial score (nSPS) is 13.1. The molecule has 9 heteroatoms. The van der Waals surface area contributed by atoms with Crippen molar-refractivity contribution in [3.8, 4) is 0 Å². The zero-order valence-corrected chi connectivity index (χ0v) is 17.7. The summed E-state index contributed by atoms with van der Waals surface area (Å²) in [4.78, 5) is 41.0. The first kappa shape index (κ1) is 20.5. The minimum Gasteiger partial charge on any atom is -0.293 e. The van der Waals surface area contributed by atoms with Gasteiger partial charge in [0.2, 0.25) is 0 Å². The lowest BCUT2D eigenvalue weighted by Crippen LogP contribution is -2.30. The van der Waals surface area contributed by atoms with Gasteiger partial charge < -0.3 is 0 Å². The van der Waals surface area contributed by atoms with Crippen LogP contribution < -0.4 is 5.69 Å². The number of nitro groups is 1. The molecule has 1 aliphatic rings. The minimum absolute atomic E-state index is 0.0516. The summed E-state index contributed by atoms with van der Waals surface area (Å²) in [5.41, 5.74) is 2.17. The third-order valence-electron chi connectivity index (χ3n) is 5.08. The second-order valence-electron chi connectivity index (χ2n) is 7.01. The Kier molecular flexibility index (Phi) is 6.10. The molecule has 0 saturated heterocycles. The Morgan fingerprint density at radius 1 is 1.20 bits per heavy atom. The molecule has 0 unspecified atom stereocenters. The van der Waals surface area contributed by atoms with Crippen LogP contribution in [0.3, 0.4) is 0 Å². The van der Waals surface area contributed by atoms with Gasteiger partial charge in [0.1, 0.15) is 5.03 Å². The molecular formula is C21H19N3O4S2. The van der Waals surface area contributed by atoms with Crippen molar-refractivity contribution in [3.05, 3.63) is 84.1 Å². The van der Waals surface area contributed by atoms with E-state index in [1.807, 2.05) is 17.5 Å². The smallest absolute Gasteiger partial charge is 0.293 e. The standard InChI is InChI=1S/C21H19N3O4S2/c25-19(14-7-9-15(10-8-14)24(27)28)13-30-20-17-5-1-2-6-18(17)23(21(26)22-20)12-16-4-3-11-29-16/h3-4,7-11H,1-2,5-6,12-13H2. The van der Waals surface area contributed by atoms with E-state index in [1.165, 1.54) is 36.0 Å². The lowest BCUT2D eigenvalue weighted by molar-refractivity contribution is -0.384. The van der Waals surface area contributed by atoms with Crippen LogP contribution in [0.25, 0.3) is 0 Å². The summed E-state index contributed by atoms with van der Waals surface area (Å²) in [6.07, 6.45) is 3.76. The molecule has 2 heterocycles. The second-order valence-corrected chi connectivity index (χ2v) is 9.01. The number of carbonyl (C=O) groups is 1. The van der Waals surface area contributed by atoms with Crippen LogP contribution in [0.5, 0.6) is 0 Å². The van der Waals surface area contributed by atoms with Gasteiger partial charge in [-0.25, -0.2) is 4.79 Å². The maximum Gasteiger partial charge on any atom is 0.349 e. The molecule has 0 spiro atoms. The fourth-order valence-corrected chi connectivity index (χ4v) is 5.24. The van der Waals surface area contributed by atoms with Crippen molar-refractivity contribution in [2.45, 2.75) is 37.3 Å². The van der Waals surface area contributed by atoms with Gasteiger partial charge in [-0.05, 0) is 49.3 Å². The molecule has 1 aromatic carbocycles. The van der Waals surface area contributed by atoms with Crippen molar-refractivity contribution in [2.75, 3.05) is 5.75 Å². The molecule has 0 amide bonds. The summed E-state index contributed by atoms with van der Waals surface area (Å²) in [5.74, 6) is -0.0185. The Hall–Kier alpha value is -2.78. The zero-order valence-electron chi connectivity index (χ0n) is 16.1. The van der Waals surface area contributed by atoms with E-state index in [2.05, 4.69) is 4.98 Å². The number of Topliss-reactive ketones (excluding diaryl/α,β-unsaturated/α-hetero) is 1. The molecule has 154 valence electrons. The van der Waals surface area contributed by atoms with E-state index < -0.39 is 4.92 Å². The summed E-state index contributed by atoms with van der Waals surface area (Å²) in [7, 11) is 0. The first-order valence-corrected chi connectivity index (χ1v) is 11.4. The van der Waals surface area contributed by atoms with E-state index in [9.17, 15) is 19.7 Å². The van der Waals surface area contributed by atoms with Crippen molar-refractivity contribution in [1.82, 2.24) is 9.55 Å². The third-order valence-corrected chi connectivity index (χ3v) is 6.96. The molecule has 0 atom stereocenters. The number of non-ortho nitro benzene ring substituents is 1. The summed E-state index contributed by atoms with van der Waals surface area (Å²) in [6.45, 7) is 0.526.